The summed E-state index contributed by atoms with van der Waals surface area (Å²) in [6, 6.07) is 6.84. The molecule has 1 fully saturated rings. The molecule has 0 spiro atoms. The highest BCUT2D eigenvalue weighted by molar-refractivity contribution is 5.56. The average molecular weight is 231 g/mol. The molecule has 1 saturated carbocycles. The third-order valence-electron chi connectivity index (χ3n) is 4.22. The Morgan fingerprint density at radius 3 is 2.76 bits per heavy atom. The molecule has 17 heavy (non-hydrogen) atoms. The Morgan fingerprint density at radius 1 is 1.06 bits per heavy atom. The predicted molar refractivity (Wildman–Crippen MR) is 70.4 cm³/mol. The van der Waals surface area contributed by atoms with Gasteiger partial charge in [-0.05, 0) is 62.1 Å². The quantitative estimate of drug-likeness (QED) is 0.820. The van der Waals surface area contributed by atoms with Crippen LogP contribution in [0.5, 0.6) is 0 Å². The van der Waals surface area contributed by atoms with E-state index in [9.17, 15) is 5.11 Å². The number of hydrogen-bond donors (Lipinski definition) is 2. The highest BCUT2D eigenvalue weighted by Crippen LogP contribution is 2.30. The molecule has 2 aliphatic carbocycles. The monoisotopic (exact) mass is 231 g/mol. The van der Waals surface area contributed by atoms with E-state index >= 15 is 0 Å². The van der Waals surface area contributed by atoms with Crippen molar-refractivity contribution in [3.05, 3.63) is 29.3 Å². The minimum atomic E-state index is -0.158. The number of hydrogen-bond acceptors (Lipinski definition) is 2. The van der Waals surface area contributed by atoms with Gasteiger partial charge in [0.25, 0.3) is 0 Å². The van der Waals surface area contributed by atoms with Gasteiger partial charge in [-0.1, -0.05) is 12.1 Å². The van der Waals surface area contributed by atoms with Gasteiger partial charge in [0.1, 0.15) is 0 Å². The second-order valence-electron chi connectivity index (χ2n) is 5.40. The van der Waals surface area contributed by atoms with Crippen molar-refractivity contribution in [1.29, 1.82) is 0 Å². The van der Waals surface area contributed by atoms with E-state index in [1.807, 2.05) is 0 Å². The molecule has 0 amide bonds. The Kier molecular flexibility index (Phi) is 3.06. The van der Waals surface area contributed by atoms with Gasteiger partial charge in [0.15, 0.2) is 0 Å². The van der Waals surface area contributed by atoms with E-state index in [4.69, 9.17) is 0 Å². The molecule has 1 aromatic rings. The summed E-state index contributed by atoms with van der Waals surface area (Å²) in [5, 5.41) is 13.5. The van der Waals surface area contributed by atoms with Crippen molar-refractivity contribution in [1.82, 2.24) is 0 Å². The van der Waals surface area contributed by atoms with Crippen molar-refractivity contribution in [3.8, 4) is 0 Å². The van der Waals surface area contributed by atoms with Crippen LogP contribution in [0.3, 0.4) is 0 Å². The number of aliphatic hydroxyl groups excluding tert-OH is 1. The number of anilines is 1. The molecular weight excluding hydrogens is 210 g/mol. The second-order valence-corrected chi connectivity index (χ2v) is 5.40. The Hall–Kier alpha value is -1.02. The molecule has 3 rings (SSSR count). The van der Waals surface area contributed by atoms with Crippen molar-refractivity contribution >= 4 is 5.69 Å². The minimum absolute atomic E-state index is 0.158. The molecule has 0 bridgehead atoms. The van der Waals surface area contributed by atoms with E-state index < -0.39 is 0 Å². The minimum Gasteiger partial charge on any atom is -0.391 e. The first kappa shape index (κ1) is 11.1. The number of nitrogens with one attached hydrogen (secondary N) is 1. The number of aliphatic hydroxyl groups is 1. The van der Waals surface area contributed by atoms with Crippen molar-refractivity contribution in [2.24, 2.45) is 0 Å². The van der Waals surface area contributed by atoms with Crippen molar-refractivity contribution < 1.29 is 5.11 Å². The zero-order valence-electron chi connectivity index (χ0n) is 10.3. The SMILES string of the molecule is O[C@H]1CCC[C@@H]1Nc1cccc2c1CCCC2. The molecular formula is C15H21NO. The van der Waals surface area contributed by atoms with Crippen molar-refractivity contribution in [3.63, 3.8) is 0 Å². The number of benzene rings is 1. The second kappa shape index (κ2) is 4.69. The summed E-state index contributed by atoms with van der Waals surface area (Å²) in [6.07, 6.45) is 8.08. The molecule has 0 aliphatic heterocycles. The molecule has 2 heteroatoms. The summed E-state index contributed by atoms with van der Waals surface area (Å²) in [4.78, 5) is 0. The lowest BCUT2D eigenvalue weighted by atomic mass is 9.90. The molecule has 0 unspecified atom stereocenters. The lowest BCUT2D eigenvalue weighted by molar-refractivity contribution is 0.172. The number of aryl methyl sites for hydroxylation is 1. The topological polar surface area (TPSA) is 32.3 Å². The fourth-order valence-electron chi connectivity index (χ4n) is 3.23. The van der Waals surface area contributed by atoms with Gasteiger partial charge >= 0.3 is 0 Å². The van der Waals surface area contributed by atoms with Gasteiger partial charge in [-0.2, -0.15) is 0 Å². The highest BCUT2D eigenvalue weighted by Gasteiger charge is 2.26. The van der Waals surface area contributed by atoms with Crippen LogP contribution in [-0.2, 0) is 12.8 Å². The van der Waals surface area contributed by atoms with Gasteiger partial charge in [-0.15, -0.1) is 0 Å². The summed E-state index contributed by atoms with van der Waals surface area (Å²) in [5.74, 6) is 0. The van der Waals surface area contributed by atoms with Gasteiger partial charge in [0, 0.05) is 5.69 Å². The summed E-state index contributed by atoms with van der Waals surface area (Å²) < 4.78 is 0. The van der Waals surface area contributed by atoms with E-state index in [2.05, 4.69) is 23.5 Å². The van der Waals surface area contributed by atoms with E-state index in [1.165, 1.54) is 42.5 Å². The number of fused-ring (bicyclic) bond motifs is 1. The van der Waals surface area contributed by atoms with Gasteiger partial charge in [-0.3, -0.25) is 0 Å². The Morgan fingerprint density at radius 2 is 1.94 bits per heavy atom. The van der Waals surface area contributed by atoms with Gasteiger partial charge < -0.3 is 10.4 Å². The summed E-state index contributed by atoms with van der Waals surface area (Å²) >= 11 is 0. The fourth-order valence-corrected chi connectivity index (χ4v) is 3.23. The highest BCUT2D eigenvalue weighted by atomic mass is 16.3. The van der Waals surface area contributed by atoms with Crippen LogP contribution in [0.1, 0.15) is 43.2 Å². The van der Waals surface area contributed by atoms with E-state index in [-0.39, 0.29) is 12.1 Å². The predicted octanol–water partition coefficient (Wildman–Crippen LogP) is 2.89. The first-order valence-corrected chi connectivity index (χ1v) is 6.90. The van der Waals surface area contributed by atoms with Crippen LogP contribution in [-0.4, -0.2) is 17.3 Å². The first-order valence-electron chi connectivity index (χ1n) is 6.90. The summed E-state index contributed by atoms with van der Waals surface area (Å²) in [6.45, 7) is 0. The molecule has 0 aromatic heterocycles. The maximum Gasteiger partial charge on any atom is 0.0741 e. The standard InChI is InChI=1S/C15H21NO/c17-15-10-4-9-14(15)16-13-8-3-6-11-5-1-2-7-12(11)13/h3,6,8,14-17H,1-2,4-5,7,9-10H2/t14-,15-/m0/s1. The molecule has 92 valence electrons. The van der Waals surface area contributed by atoms with Crippen LogP contribution in [0.2, 0.25) is 0 Å². The Balaban J connectivity index is 1.82. The van der Waals surface area contributed by atoms with Crippen LogP contribution in [0.4, 0.5) is 5.69 Å². The maximum absolute atomic E-state index is 9.89. The molecule has 0 saturated heterocycles. The molecule has 2 atom stereocenters. The van der Waals surface area contributed by atoms with E-state index in [0.29, 0.717) is 0 Å². The smallest absolute Gasteiger partial charge is 0.0741 e. The lowest BCUT2D eigenvalue weighted by Gasteiger charge is -2.24. The van der Waals surface area contributed by atoms with Crippen LogP contribution in [0.25, 0.3) is 0 Å². The molecule has 0 heterocycles. The van der Waals surface area contributed by atoms with Crippen LogP contribution < -0.4 is 5.32 Å². The molecule has 2 aliphatic rings. The fraction of sp³-hybridized carbons (Fsp3) is 0.600. The van der Waals surface area contributed by atoms with Gasteiger partial charge in [-0.25, -0.2) is 0 Å². The zero-order valence-corrected chi connectivity index (χ0v) is 10.3. The zero-order chi connectivity index (χ0) is 11.7. The molecule has 1 aromatic carbocycles. The van der Waals surface area contributed by atoms with Gasteiger partial charge in [0.05, 0.1) is 12.1 Å². The summed E-state index contributed by atoms with van der Waals surface area (Å²) in [7, 11) is 0. The Bertz CT molecular complexity index is 402. The third kappa shape index (κ3) is 2.19. The molecule has 2 N–H and O–H groups in total. The van der Waals surface area contributed by atoms with Crippen LogP contribution in [0, 0.1) is 0 Å². The normalized spacial score (nSPS) is 27.8. The molecule has 0 radical (unpaired) electrons. The van der Waals surface area contributed by atoms with Crippen molar-refractivity contribution in [2.45, 2.75) is 57.1 Å². The Labute approximate surface area is 103 Å². The summed E-state index contributed by atoms with van der Waals surface area (Å²) in [5.41, 5.74) is 4.28. The third-order valence-corrected chi connectivity index (χ3v) is 4.22. The van der Waals surface area contributed by atoms with E-state index in [1.54, 1.807) is 0 Å². The van der Waals surface area contributed by atoms with Crippen LogP contribution >= 0.6 is 0 Å². The number of rotatable bonds is 2. The largest absolute Gasteiger partial charge is 0.391 e. The van der Waals surface area contributed by atoms with E-state index in [0.717, 1.165) is 19.3 Å². The average Bonchev–Trinajstić information content (AvgIpc) is 2.76. The van der Waals surface area contributed by atoms with Crippen molar-refractivity contribution in [2.75, 3.05) is 5.32 Å². The first-order chi connectivity index (χ1) is 8.34. The molecule has 2 nitrogen and oxygen atoms in total. The van der Waals surface area contributed by atoms with Gasteiger partial charge in [0.2, 0.25) is 0 Å². The maximum atomic E-state index is 9.89. The van der Waals surface area contributed by atoms with Crippen LogP contribution in [0.15, 0.2) is 18.2 Å². The lowest BCUT2D eigenvalue weighted by Crippen LogP contribution is -2.28.